The van der Waals surface area contributed by atoms with Gasteiger partial charge in [0.05, 0.1) is 0 Å². The fraction of sp³-hybridized carbons (Fsp3) is 1.00. The molecule has 1 heterocycles. The number of nitrogens with zero attached hydrogens (tertiary/aromatic N) is 1. The van der Waals surface area contributed by atoms with Crippen molar-refractivity contribution in [2.45, 2.75) is 58.5 Å². The Morgan fingerprint density at radius 1 is 1.18 bits per heavy atom. The molecule has 3 heteroatoms. The molecule has 0 radical (unpaired) electrons. The van der Waals surface area contributed by atoms with Crippen LogP contribution in [0.15, 0.2) is 0 Å². The minimum absolute atomic E-state index is 0.311. The van der Waals surface area contributed by atoms with Gasteiger partial charge in [0.2, 0.25) is 0 Å². The van der Waals surface area contributed by atoms with Crippen molar-refractivity contribution in [2.24, 2.45) is 0 Å². The highest BCUT2D eigenvalue weighted by atomic mass is 32.2. The molecule has 1 rings (SSSR count). The van der Waals surface area contributed by atoms with E-state index >= 15 is 0 Å². The topological polar surface area (TPSA) is 15.3 Å². The summed E-state index contributed by atoms with van der Waals surface area (Å²) in [4.78, 5) is 2.72. The van der Waals surface area contributed by atoms with E-state index in [1.807, 2.05) is 0 Å². The highest BCUT2D eigenvalue weighted by Gasteiger charge is 2.40. The molecular weight excluding hydrogens is 228 g/mol. The number of hydrogen-bond donors (Lipinski definition) is 1. The molecule has 0 spiro atoms. The lowest BCUT2D eigenvalue weighted by Gasteiger charge is -2.52. The predicted octanol–water partition coefficient (Wildman–Crippen LogP) is 2.98. The van der Waals surface area contributed by atoms with Gasteiger partial charge in [-0.05, 0) is 32.4 Å². The molecule has 1 saturated heterocycles. The molecule has 102 valence electrons. The van der Waals surface area contributed by atoms with Crippen LogP contribution in [0.3, 0.4) is 0 Å². The Morgan fingerprint density at radius 2 is 1.88 bits per heavy atom. The maximum Gasteiger partial charge on any atom is 0.0304 e. The monoisotopic (exact) mass is 258 g/mol. The molecule has 1 aliphatic heterocycles. The highest BCUT2D eigenvalue weighted by Crippen LogP contribution is 2.28. The first-order chi connectivity index (χ1) is 7.99. The van der Waals surface area contributed by atoms with Crippen LogP contribution >= 0.6 is 11.8 Å². The average Bonchev–Trinajstić information content (AvgIpc) is 2.34. The van der Waals surface area contributed by atoms with Crippen LogP contribution in [-0.2, 0) is 0 Å². The van der Waals surface area contributed by atoms with Crippen LogP contribution in [0.1, 0.15) is 47.5 Å². The minimum atomic E-state index is 0.311. The summed E-state index contributed by atoms with van der Waals surface area (Å²) in [7, 11) is 0. The average molecular weight is 258 g/mol. The molecule has 2 unspecified atom stereocenters. The van der Waals surface area contributed by atoms with Crippen molar-refractivity contribution in [3.8, 4) is 0 Å². The summed E-state index contributed by atoms with van der Waals surface area (Å²) in [5, 5.41) is 3.76. The first-order valence-corrected chi connectivity index (χ1v) is 8.23. The van der Waals surface area contributed by atoms with E-state index in [2.05, 4.69) is 56.6 Å². The summed E-state index contributed by atoms with van der Waals surface area (Å²) >= 11 is 2.06. The second kappa shape index (κ2) is 6.44. The summed E-state index contributed by atoms with van der Waals surface area (Å²) < 4.78 is 0. The van der Waals surface area contributed by atoms with Gasteiger partial charge in [0.1, 0.15) is 0 Å². The molecule has 2 atom stereocenters. The van der Waals surface area contributed by atoms with E-state index in [1.54, 1.807) is 0 Å². The molecule has 0 aliphatic carbocycles. The third-order valence-electron chi connectivity index (χ3n) is 4.45. The lowest BCUT2D eigenvalue weighted by atomic mass is 9.86. The molecule has 0 aromatic carbocycles. The van der Waals surface area contributed by atoms with Gasteiger partial charge in [-0.15, -0.1) is 0 Å². The third kappa shape index (κ3) is 3.87. The van der Waals surface area contributed by atoms with Crippen LogP contribution in [-0.4, -0.2) is 47.1 Å². The SMILES string of the molecule is CCSCCN1CC(C)(CC)NCC1(C)CC. The molecular formula is C14H30N2S. The summed E-state index contributed by atoms with van der Waals surface area (Å²) in [5.41, 5.74) is 0.661. The molecule has 0 saturated carbocycles. The number of hydrogen-bond acceptors (Lipinski definition) is 3. The van der Waals surface area contributed by atoms with Gasteiger partial charge in [0, 0.05) is 36.5 Å². The molecule has 0 aromatic rings. The molecule has 0 aromatic heterocycles. The Bertz CT molecular complexity index is 234. The van der Waals surface area contributed by atoms with E-state index in [0.717, 1.165) is 6.54 Å². The molecule has 0 amide bonds. The first kappa shape index (κ1) is 15.3. The number of piperazine rings is 1. The molecule has 1 aliphatic rings. The van der Waals surface area contributed by atoms with E-state index < -0.39 is 0 Å². The summed E-state index contributed by atoms with van der Waals surface area (Å²) in [6.45, 7) is 15.2. The quantitative estimate of drug-likeness (QED) is 0.737. The van der Waals surface area contributed by atoms with E-state index in [1.165, 1.54) is 37.4 Å². The van der Waals surface area contributed by atoms with E-state index in [9.17, 15) is 0 Å². The second-order valence-corrected chi connectivity index (χ2v) is 7.13. The van der Waals surface area contributed by atoms with Crippen molar-refractivity contribution in [1.82, 2.24) is 10.2 Å². The lowest BCUT2D eigenvalue weighted by molar-refractivity contribution is 0.0224. The summed E-state index contributed by atoms with van der Waals surface area (Å²) in [6, 6.07) is 0. The Kier molecular flexibility index (Phi) is 5.81. The van der Waals surface area contributed by atoms with Crippen molar-refractivity contribution in [3.63, 3.8) is 0 Å². The standard InChI is InChI=1S/C14H30N2S/c1-6-13(4)12-16(9-10-17-8-3)14(5,7-2)11-15-13/h15H,6-12H2,1-5H3. The van der Waals surface area contributed by atoms with Crippen molar-refractivity contribution < 1.29 is 0 Å². The van der Waals surface area contributed by atoms with Crippen molar-refractivity contribution in [3.05, 3.63) is 0 Å². The summed E-state index contributed by atoms with van der Waals surface area (Å²) in [6.07, 6.45) is 2.45. The van der Waals surface area contributed by atoms with Gasteiger partial charge in [-0.3, -0.25) is 4.90 Å². The van der Waals surface area contributed by atoms with Crippen molar-refractivity contribution in [2.75, 3.05) is 31.1 Å². The number of thioether (sulfide) groups is 1. The smallest absolute Gasteiger partial charge is 0.0304 e. The third-order valence-corrected chi connectivity index (χ3v) is 5.33. The van der Waals surface area contributed by atoms with Crippen LogP contribution in [0.5, 0.6) is 0 Å². The Hall–Kier alpha value is 0.270. The highest BCUT2D eigenvalue weighted by molar-refractivity contribution is 7.99. The Labute approximate surface area is 112 Å². The Morgan fingerprint density at radius 3 is 2.41 bits per heavy atom. The van der Waals surface area contributed by atoms with Gasteiger partial charge >= 0.3 is 0 Å². The number of nitrogens with one attached hydrogen (secondary N) is 1. The van der Waals surface area contributed by atoms with Crippen molar-refractivity contribution >= 4 is 11.8 Å². The van der Waals surface area contributed by atoms with Crippen LogP contribution in [0.2, 0.25) is 0 Å². The van der Waals surface area contributed by atoms with Gasteiger partial charge in [0.25, 0.3) is 0 Å². The van der Waals surface area contributed by atoms with Crippen LogP contribution in [0.4, 0.5) is 0 Å². The van der Waals surface area contributed by atoms with E-state index in [0.29, 0.717) is 11.1 Å². The Balaban J connectivity index is 2.63. The van der Waals surface area contributed by atoms with Gasteiger partial charge in [0.15, 0.2) is 0 Å². The van der Waals surface area contributed by atoms with E-state index in [4.69, 9.17) is 0 Å². The molecule has 2 nitrogen and oxygen atoms in total. The van der Waals surface area contributed by atoms with Crippen LogP contribution in [0, 0.1) is 0 Å². The molecule has 1 fully saturated rings. The van der Waals surface area contributed by atoms with Crippen molar-refractivity contribution in [1.29, 1.82) is 0 Å². The fourth-order valence-electron chi connectivity index (χ4n) is 2.44. The molecule has 1 N–H and O–H groups in total. The van der Waals surface area contributed by atoms with Crippen LogP contribution < -0.4 is 5.32 Å². The van der Waals surface area contributed by atoms with Gasteiger partial charge < -0.3 is 5.32 Å². The van der Waals surface area contributed by atoms with Crippen LogP contribution in [0.25, 0.3) is 0 Å². The molecule has 0 bridgehead atoms. The predicted molar refractivity (Wildman–Crippen MR) is 80.0 cm³/mol. The largest absolute Gasteiger partial charge is 0.308 e. The van der Waals surface area contributed by atoms with Gasteiger partial charge in [-0.25, -0.2) is 0 Å². The van der Waals surface area contributed by atoms with Gasteiger partial charge in [-0.2, -0.15) is 11.8 Å². The fourth-order valence-corrected chi connectivity index (χ4v) is 3.08. The zero-order chi connectivity index (χ0) is 12.9. The maximum absolute atomic E-state index is 3.76. The zero-order valence-electron chi connectivity index (χ0n) is 12.3. The lowest BCUT2D eigenvalue weighted by Crippen LogP contribution is -2.68. The second-order valence-electron chi connectivity index (χ2n) is 5.74. The normalized spacial score (nSPS) is 35.1. The number of rotatable bonds is 6. The van der Waals surface area contributed by atoms with Gasteiger partial charge in [-0.1, -0.05) is 20.8 Å². The van der Waals surface area contributed by atoms with E-state index in [-0.39, 0.29) is 0 Å². The maximum atomic E-state index is 3.76. The first-order valence-electron chi connectivity index (χ1n) is 7.07. The molecule has 17 heavy (non-hydrogen) atoms. The zero-order valence-corrected chi connectivity index (χ0v) is 13.1. The minimum Gasteiger partial charge on any atom is -0.308 e. The summed E-state index contributed by atoms with van der Waals surface area (Å²) in [5.74, 6) is 2.51.